The third kappa shape index (κ3) is 3.73. The van der Waals surface area contributed by atoms with Gasteiger partial charge >= 0.3 is 12.1 Å². The molecule has 0 spiro atoms. The molecule has 10 heteroatoms. The summed E-state index contributed by atoms with van der Waals surface area (Å²) in [6, 6.07) is 5.84. The minimum Gasteiger partial charge on any atom is -0.348 e. The fourth-order valence-corrected chi connectivity index (χ4v) is 2.07. The molecular formula is C15H11F4N5O. The van der Waals surface area contributed by atoms with E-state index in [9.17, 15) is 17.6 Å². The zero-order valence-corrected chi connectivity index (χ0v) is 12.8. The van der Waals surface area contributed by atoms with Crippen LogP contribution in [0.1, 0.15) is 24.4 Å². The maximum atomic E-state index is 13.7. The lowest BCUT2D eigenvalue weighted by atomic mass is 10.1. The molecule has 0 amide bonds. The van der Waals surface area contributed by atoms with Gasteiger partial charge in [-0.15, -0.1) is 0 Å². The predicted molar refractivity (Wildman–Crippen MR) is 78.8 cm³/mol. The Bertz CT molecular complexity index is 863. The second-order valence-electron chi connectivity index (χ2n) is 5.10. The minimum atomic E-state index is -4.72. The van der Waals surface area contributed by atoms with Crippen LogP contribution >= 0.6 is 0 Å². The first-order valence-electron chi connectivity index (χ1n) is 7.09. The SMILES string of the molecule is CC(Nc1ncc(-c2noc(C(F)(F)F)n2)cn1)c1ccccc1F. The lowest BCUT2D eigenvalue weighted by molar-refractivity contribution is -0.159. The molecule has 1 unspecified atom stereocenters. The van der Waals surface area contributed by atoms with Crippen molar-refractivity contribution in [1.29, 1.82) is 0 Å². The van der Waals surface area contributed by atoms with E-state index in [1.165, 1.54) is 18.5 Å². The van der Waals surface area contributed by atoms with Crippen LogP contribution in [0, 0.1) is 5.82 Å². The number of alkyl halides is 3. The van der Waals surface area contributed by atoms with Gasteiger partial charge in [-0.25, -0.2) is 14.4 Å². The van der Waals surface area contributed by atoms with Gasteiger partial charge in [0.25, 0.3) is 0 Å². The summed E-state index contributed by atoms with van der Waals surface area (Å²) in [5, 5.41) is 6.15. The van der Waals surface area contributed by atoms with Crippen LogP contribution in [0.3, 0.4) is 0 Å². The molecule has 0 aliphatic heterocycles. The van der Waals surface area contributed by atoms with Crippen LogP contribution in [0.4, 0.5) is 23.5 Å². The fourth-order valence-electron chi connectivity index (χ4n) is 2.07. The molecule has 0 radical (unpaired) electrons. The molecule has 1 N–H and O–H groups in total. The first-order chi connectivity index (χ1) is 11.8. The largest absolute Gasteiger partial charge is 0.471 e. The zero-order valence-electron chi connectivity index (χ0n) is 12.8. The molecule has 1 atom stereocenters. The Morgan fingerprint density at radius 1 is 1.12 bits per heavy atom. The molecule has 1 aromatic carbocycles. The van der Waals surface area contributed by atoms with E-state index >= 15 is 0 Å². The average Bonchev–Trinajstić information content (AvgIpc) is 3.06. The molecule has 2 heterocycles. The van der Waals surface area contributed by atoms with Gasteiger partial charge in [0.05, 0.1) is 11.6 Å². The highest BCUT2D eigenvalue weighted by atomic mass is 19.4. The highest BCUT2D eigenvalue weighted by Gasteiger charge is 2.38. The summed E-state index contributed by atoms with van der Waals surface area (Å²) in [5.74, 6) is -1.91. The van der Waals surface area contributed by atoms with Crippen LogP contribution in [0.2, 0.25) is 0 Å². The topological polar surface area (TPSA) is 76.7 Å². The Morgan fingerprint density at radius 2 is 1.80 bits per heavy atom. The van der Waals surface area contributed by atoms with Gasteiger partial charge < -0.3 is 9.84 Å². The van der Waals surface area contributed by atoms with Crippen molar-refractivity contribution < 1.29 is 22.1 Å². The molecule has 0 aliphatic carbocycles. The Balaban J connectivity index is 1.74. The minimum absolute atomic E-state index is 0.156. The standard InChI is InChI=1S/C15H11F4N5O/c1-8(10-4-2-3-5-11(10)16)22-14-20-6-9(7-21-14)12-23-13(25-24-12)15(17,18)19/h2-8H,1H3,(H,20,21,22). The van der Waals surface area contributed by atoms with Crippen molar-refractivity contribution in [3.63, 3.8) is 0 Å². The number of halogens is 4. The zero-order chi connectivity index (χ0) is 18.0. The Hall–Kier alpha value is -3.04. The van der Waals surface area contributed by atoms with Crippen LogP contribution in [0.25, 0.3) is 11.4 Å². The second-order valence-corrected chi connectivity index (χ2v) is 5.10. The van der Waals surface area contributed by atoms with Crippen LogP contribution in [0.5, 0.6) is 0 Å². The van der Waals surface area contributed by atoms with E-state index in [-0.39, 0.29) is 23.2 Å². The molecule has 2 aromatic heterocycles. The van der Waals surface area contributed by atoms with E-state index in [0.29, 0.717) is 5.56 Å². The summed E-state index contributed by atoms with van der Waals surface area (Å²) in [7, 11) is 0. The highest BCUT2D eigenvalue weighted by molar-refractivity contribution is 5.52. The predicted octanol–water partition coefficient (Wildman–Crippen LogP) is 3.86. The molecule has 0 fully saturated rings. The van der Waals surface area contributed by atoms with Gasteiger partial charge in [-0.05, 0) is 13.0 Å². The van der Waals surface area contributed by atoms with Crippen molar-refractivity contribution in [2.75, 3.05) is 5.32 Å². The molecule has 3 aromatic rings. The Morgan fingerprint density at radius 3 is 2.40 bits per heavy atom. The second kappa shape index (κ2) is 6.46. The smallest absolute Gasteiger partial charge is 0.348 e. The van der Waals surface area contributed by atoms with Gasteiger partial charge in [-0.2, -0.15) is 18.2 Å². The molecular weight excluding hydrogens is 342 g/mol. The van der Waals surface area contributed by atoms with E-state index in [1.807, 2.05) is 0 Å². The summed E-state index contributed by atoms with van der Waals surface area (Å²) in [5.41, 5.74) is 0.589. The van der Waals surface area contributed by atoms with Crippen molar-refractivity contribution in [2.24, 2.45) is 0 Å². The summed E-state index contributed by atoms with van der Waals surface area (Å²) in [4.78, 5) is 11.2. The van der Waals surface area contributed by atoms with Crippen molar-refractivity contribution in [2.45, 2.75) is 19.1 Å². The van der Waals surface area contributed by atoms with Crippen molar-refractivity contribution >= 4 is 5.95 Å². The maximum absolute atomic E-state index is 13.7. The van der Waals surface area contributed by atoms with Crippen molar-refractivity contribution in [3.05, 3.63) is 53.9 Å². The highest BCUT2D eigenvalue weighted by Crippen LogP contribution is 2.29. The third-order valence-corrected chi connectivity index (χ3v) is 3.30. The first-order valence-corrected chi connectivity index (χ1v) is 7.09. The lowest BCUT2D eigenvalue weighted by Gasteiger charge is -2.14. The number of aromatic nitrogens is 4. The van der Waals surface area contributed by atoms with Gasteiger partial charge in [-0.1, -0.05) is 23.4 Å². The number of hydrogen-bond acceptors (Lipinski definition) is 6. The molecule has 3 rings (SSSR count). The third-order valence-electron chi connectivity index (χ3n) is 3.30. The number of anilines is 1. The summed E-state index contributed by atoms with van der Waals surface area (Å²) in [6.07, 6.45) is -2.23. The van der Waals surface area contributed by atoms with Gasteiger partial charge in [0.1, 0.15) is 5.82 Å². The van der Waals surface area contributed by atoms with Crippen LogP contribution in [-0.4, -0.2) is 20.1 Å². The first kappa shape index (κ1) is 16.8. The molecule has 0 aliphatic rings. The number of rotatable bonds is 4. The number of nitrogens with one attached hydrogen (secondary N) is 1. The number of hydrogen-bond donors (Lipinski definition) is 1. The average molecular weight is 353 g/mol. The number of benzene rings is 1. The Labute approximate surface area is 138 Å². The quantitative estimate of drug-likeness (QED) is 0.718. The summed E-state index contributed by atoms with van der Waals surface area (Å²) < 4.78 is 55.2. The monoisotopic (exact) mass is 353 g/mol. The molecule has 6 nitrogen and oxygen atoms in total. The Kier molecular flexibility index (Phi) is 4.34. The molecule has 0 bridgehead atoms. The van der Waals surface area contributed by atoms with Crippen molar-refractivity contribution in [1.82, 2.24) is 20.1 Å². The van der Waals surface area contributed by atoms with Crippen LogP contribution in [0.15, 0.2) is 41.2 Å². The van der Waals surface area contributed by atoms with Crippen LogP contribution < -0.4 is 5.32 Å². The number of nitrogens with zero attached hydrogens (tertiary/aromatic N) is 4. The van der Waals surface area contributed by atoms with E-state index in [4.69, 9.17) is 0 Å². The van der Waals surface area contributed by atoms with E-state index in [2.05, 4.69) is 29.9 Å². The lowest BCUT2D eigenvalue weighted by Crippen LogP contribution is -2.10. The van der Waals surface area contributed by atoms with Crippen LogP contribution in [-0.2, 0) is 6.18 Å². The normalized spacial score (nSPS) is 12.8. The molecule has 25 heavy (non-hydrogen) atoms. The van der Waals surface area contributed by atoms with Gasteiger partial charge in [0.15, 0.2) is 0 Å². The van der Waals surface area contributed by atoms with E-state index in [1.54, 1.807) is 25.1 Å². The van der Waals surface area contributed by atoms with Gasteiger partial charge in [-0.3, -0.25) is 0 Å². The van der Waals surface area contributed by atoms with Crippen molar-refractivity contribution in [3.8, 4) is 11.4 Å². The van der Waals surface area contributed by atoms with E-state index in [0.717, 1.165) is 0 Å². The van der Waals surface area contributed by atoms with E-state index < -0.39 is 18.1 Å². The molecule has 0 saturated carbocycles. The fraction of sp³-hybridized carbons (Fsp3) is 0.200. The summed E-state index contributed by atoms with van der Waals surface area (Å²) in [6.45, 7) is 1.73. The summed E-state index contributed by atoms with van der Waals surface area (Å²) >= 11 is 0. The van der Waals surface area contributed by atoms with Gasteiger partial charge in [0, 0.05) is 18.0 Å². The maximum Gasteiger partial charge on any atom is 0.471 e. The molecule has 0 saturated heterocycles. The van der Waals surface area contributed by atoms with Gasteiger partial charge in [0.2, 0.25) is 11.8 Å². The molecule has 130 valence electrons.